The van der Waals surface area contributed by atoms with Crippen molar-refractivity contribution in [1.29, 1.82) is 0 Å². The lowest BCUT2D eigenvalue weighted by Crippen LogP contribution is -2.14. The summed E-state index contributed by atoms with van der Waals surface area (Å²) in [6.07, 6.45) is 3.73. The van der Waals surface area contributed by atoms with E-state index in [1.54, 1.807) is 37.3 Å². The fourth-order valence-electron chi connectivity index (χ4n) is 2.85. The van der Waals surface area contributed by atoms with Crippen molar-refractivity contribution >= 4 is 17.8 Å². The van der Waals surface area contributed by atoms with Crippen LogP contribution >= 0.6 is 0 Å². The highest BCUT2D eigenvalue weighted by atomic mass is 16.5. The minimum atomic E-state index is -0.450. The highest BCUT2D eigenvalue weighted by molar-refractivity contribution is 6.09. The van der Waals surface area contributed by atoms with E-state index in [9.17, 15) is 9.59 Å². The highest BCUT2D eigenvalue weighted by Crippen LogP contribution is 2.20. The molecule has 0 aliphatic heterocycles. The van der Waals surface area contributed by atoms with Crippen LogP contribution in [0.25, 0.3) is 6.08 Å². The summed E-state index contributed by atoms with van der Waals surface area (Å²) in [7, 11) is 0. The molecule has 28 heavy (non-hydrogen) atoms. The van der Waals surface area contributed by atoms with Gasteiger partial charge in [0.2, 0.25) is 0 Å². The van der Waals surface area contributed by atoms with E-state index in [-0.39, 0.29) is 18.4 Å². The summed E-state index contributed by atoms with van der Waals surface area (Å²) in [5.41, 5.74) is 3.01. The summed E-state index contributed by atoms with van der Waals surface area (Å²) < 4.78 is 5.35. The Morgan fingerprint density at radius 2 is 1.50 bits per heavy atom. The maximum absolute atomic E-state index is 12.6. The second-order valence-corrected chi connectivity index (χ2v) is 6.49. The van der Waals surface area contributed by atoms with Gasteiger partial charge in [-0.15, -0.1) is 0 Å². The van der Waals surface area contributed by atoms with Gasteiger partial charge in [0.15, 0.2) is 5.78 Å². The maximum Gasteiger partial charge on any atom is 0.313 e. The van der Waals surface area contributed by atoms with Crippen LogP contribution in [0.15, 0.2) is 91.0 Å². The van der Waals surface area contributed by atoms with Crippen molar-refractivity contribution < 1.29 is 14.3 Å². The molecule has 3 heteroatoms. The molecule has 0 aromatic heterocycles. The summed E-state index contributed by atoms with van der Waals surface area (Å²) in [6, 6.07) is 26.1. The van der Waals surface area contributed by atoms with E-state index in [1.807, 2.05) is 66.7 Å². The monoisotopic (exact) mass is 370 g/mol. The Balaban J connectivity index is 1.62. The van der Waals surface area contributed by atoms with E-state index in [2.05, 4.69) is 0 Å². The first-order valence-electron chi connectivity index (χ1n) is 9.23. The van der Waals surface area contributed by atoms with Gasteiger partial charge in [0.1, 0.15) is 6.61 Å². The fourth-order valence-corrected chi connectivity index (χ4v) is 2.85. The van der Waals surface area contributed by atoms with Crippen LogP contribution in [0.4, 0.5) is 0 Å². The van der Waals surface area contributed by atoms with Gasteiger partial charge in [0, 0.05) is 11.1 Å². The van der Waals surface area contributed by atoms with Crippen LogP contribution in [0.2, 0.25) is 0 Å². The Morgan fingerprint density at radius 3 is 2.21 bits per heavy atom. The second kappa shape index (κ2) is 9.47. The molecule has 3 aromatic rings. The number of ketones is 1. The van der Waals surface area contributed by atoms with E-state index in [4.69, 9.17) is 4.74 Å². The van der Waals surface area contributed by atoms with E-state index < -0.39 is 5.92 Å². The fraction of sp³-hybridized carbons (Fsp3) is 0.120. The predicted octanol–water partition coefficient (Wildman–Crippen LogP) is 5.28. The summed E-state index contributed by atoms with van der Waals surface area (Å²) in [6.45, 7) is 2.00. The van der Waals surface area contributed by atoms with E-state index in [1.165, 1.54) is 0 Å². The van der Waals surface area contributed by atoms with Crippen molar-refractivity contribution in [2.75, 3.05) is 6.61 Å². The van der Waals surface area contributed by atoms with E-state index in [0.717, 1.165) is 11.1 Å². The van der Waals surface area contributed by atoms with Crippen LogP contribution in [0.3, 0.4) is 0 Å². The van der Waals surface area contributed by atoms with Gasteiger partial charge in [-0.2, -0.15) is 0 Å². The molecular weight excluding hydrogens is 348 g/mol. The smallest absolute Gasteiger partial charge is 0.313 e. The third kappa shape index (κ3) is 5.04. The van der Waals surface area contributed by atoms with Crippen molar-refractivity contribution in [2.24, 2.45) is 0 Å². The Labute approximate surface area is 165 Å². The number of benzene rings is 3. The number of hydrogen-bond donors (Lipinski definition) is 0. The Bertz CT molecular complexity index is 959. The molecule has 0 radical (unpaired) electrons. The molecule has 0 amide bonds. The van der Waals surface area contributed by atoms with Crippen LogP contribution in [-0.2, 0) is 9.53 Å². The Morgan fingerprint density at radius 1 is 0.857 bits per heavy atom. The van der Waals surface area contributed by atoms with Gasteiger partial charge in [-0.05, 0) is 30.2 Å². The quantitative estimate of drug-likeness (QED) is 0.420. The molecule has 0 aliphatic rings. The largest absolute Gasteiger partial charge is 0.461 e. The third-order valence-corrected chi connectivity index (χ3v) is 4.47. The molecule has 3 rings (SSSR count). The number of ether oxygens (including phenoxy) is 1. The maximum atomic E-state index is 12.6. The third-order valence-electron chi connectivity index (χ3n) is 4.47. The number of hydrogen-bond acceptors (Lipinski definition) is 3. The van der Waals surface area contributed by atoms with Crippen molar-refractivity contribution in [3.8, 4) is 0 Å². The van der Waals surface area contributed by atoms with Crippen LogP contribution in [-0.4, -0.2) is 18.4 Å². The summed E-state index contributed by atoms with van der Waals surface area (Å²) in [4.78, 5) is 25.0. The van der Waals surface area contributed by atoms with E-state index in [0.29, 0.717) is 11.1 Å². The van der Waals surface area contributed by atoms with Crippen molar-refractivity contribution in [1.82, 2.24) is 0 Å². The van der Waals surface area contributed by atoms with Crippen LogP contribution in [0.1, 0.15) is 39.9 Å². The Kier molecular flexibility index (Phi) is 6.53. The standard InChI is InChI=1S/C25H22O3/c1-19(25(27)28-17-9-12-20-10-4-2-5-11-20)22-15-8-16-23(18-22)24(26)21-13-6-3-7-14-21/h2-16,18-19H,17H2,1H3/b12-9+/t19-/m0/s1. The lowest BCUT2D eigenvalue weighted by molar-refractivity contribution is -0.143. The minimum Gasteiger partial charge on any atom is -0.461 e. The van der Waals surface area contributed by atoms with Crippen LogP contribution in [0.5, 0.6) is 0 Å². The topological polar surface area (TPSA) is 43.4 Å². The molecule has 0 unspecified atom stereocenters. The first kappa shape index (κ1) is 19.3. The predicted molar refractivity (Wildman–Crippen MR) is 111 cm³/mol. The molecule has 0 saturated carbocycles. The first-order chi connectivity index (χ1) is 13.6. The van der Waals surface area contributed by atoms with Gasteiger partial charge in [0.25, 0.3) is 0 Å². The first-order valence-corrected chi connectivity index (χ1v) is 9.23. The van der Waals surface area contributed by atoms with Gasteiger partial charge >= 0.3 is 5.97 Å². The molecule has 140 valence electrons. The number of carbonyl (C=O) groups is 2. The molecular formula is C25H22O3. The number of carbonyl (C=O) groups excluding carboxylic acids is 2. The zero-order chi connectivity index (χ0) is 19.8. The van der Waals surface area contributed by atoms with Gasteiger partial charge in [0.05, 0.1) is 5.92 Å². The highest BCUT2D eigenvalue weighted by Gasteiger charge is 2.18. The zero-order valence-corrected chi connectivity index (χ0v) is 15.7. The average Bonchev–Trinajstić information content (AvgIpc) is 2.77. The van der Waals surface area contributed by atoms with Crippen LogP contribution in [0, 0.1) is 0 Å². The summed E-state index contributed by atoms with van der Waals surface area (Å²) >= 11 is 0. The van der Waals surface area contributed by atoms with E-state index >= 15 is 0 Å². The van der Waals surface area contributed by atoms with Crippen LogP contribution < -0.4 is 0 Å². The molecule has 0 heterocycles. The second-order valence-electron chi connectivity index (χ2n) is 6.49. The molecule has 1 atom stereocenters. The van der Waals surface area contributed by atoms with Crippen molar-refractivity contribution in [3.05, 3.63) is 113 Å². The molecule has 3 nitrogen and oxygen atoms in total. The summed E-state index contributed by atoms with van der Waals surface area (Å²) in [5, 5.41) is 0. The van der Waals surface area contributed by atoms with Gasteiger partial charge in [-0.25, -0.2) is 0 Å². The molecule has 0 N–H and O–H groups in total. The zero-order valence-electron chi connectivity index (χ0n) is 15.7. The van der Waals surface area contributed by atoms with Crippen molar-refractivity contribution in [2.45, 2.75) is 12.8 Å². The molecule has 3 aromatic carbocycles. The molecule has 0 spiro atoms. The lowest BCUT2D eigenvalue weighted by atomic mass is 9.96. The SMILES string of the molecule is C[C@H](C(=O)OC/C=C/c1ccccc1)c1cccc(C(=O)c2ccccc2)c1. The van der Waals surface area contributed by atoms with Crippen molar-refractivity contribution in [3.63, 3.8) is 0 Å². The number of rotatable bonds is 7. The number of esters is 1. The van der Waals surface area contributed by atoms with Gasteiger partial charge in [-0.3, -0.25) is 9.59 Å². The molecule has 0 bridgehead atoms. The van der Waals surface area contributed by atoms with Gasteiger partial charge < -0.3 is 4.74 Å². The average molecular weight is 370 g/mol. The Hall–Kier alpha value is -3.46. The summed E-state index contributed by atoms with van der Waals surface area (Å²) in [5.74, 6) is -0.829. The normalized spacial score (nSPS) is 11.9. The molecule has 0 fully saturated rings. The lowest BCUT2D eigenvalue weighted by Gasteiger charge is -2.12. The molecule has 0 saturated heterocycles. The van der Waals surface area contributed by atoms with Gasteiger partial charge in [-0.1, -0.05) is 84.9 Å². The minimum absolute atomic E-state index is 0.0613. The molecule has 0 aliphatic carbocycles.